The van der Waals surface area contributed by atoms with Gasteiger partial charge in [-0.25, -0.2) is 4.39 Å². The van der Waals surface area contributed by atoms with Crippen LogP contribution in [0.2, 0.25) is 5.02 Å². The summed E-state index contributed by atoms with van der Waals surface area (Å²) in [5, 5.41) is 0.453. The van der Waals surface area contributed by atoms with E-state index in [1.54, 1.807) is 13.0 Å². The largest absolute Gasteiger partial charge is 0.396 e. The van der Waals surface area contributed by atoms with Gasteiger partial charge in [0, 0.05) is 10.5 Å². The highest BCUT2D eigenvalue weighted by molar-refractivity contribution is 7.98. The Kier molecular flexibility index (Phi) is 2.85. The van der Waals surface area contributed by atoms with Crippen molar-refractivity contribution in [1.29, 1.82) is 0 Å². The van der Waals surface area contributed by atoms with Crippen LogP contribution in [0, 0.1) is 12.7 Å². The zero-order valence-electron chi connectivity index (χ0n) is 6.82. The van der Waals surface area contributed by atoms with Gasteiger partial charge in [0.05, 0.1) is 10.7 Å². The first-order valence-corrected chi connectivity index (χ1v) is 4.96. The molecule has 0 saturated carbocycles. The van der Waals surface area contributed by atoms with Crippen molar-refractivity contribution in [2.75, 3.05) is 12.0 Å². The van der Waals surface area contributed by atoms with Gasteiger partial charge in [-0.15, -0.1) is 11.8 Å². The Morgan fingerprint density at radius 1 is 1.58 bits per heavy atom. The molecule has 1 rings (SSSR count). The van der Waals surface area contributed by atoms with Gasteiger partial charge in [0.1, 0.15) is 0 Å². The maximum absolute atomic E-state index is 13.1. The van der Waals surface area contributed by atoms with E-state index < -0.39 is 5.82 Å². The van der Waals surface area contributed by atoms with E-state index in [0.29, 0.717) is 10.6 Å². The number of benzene rings is 1. The first kappa shape index (κ1) is 9.68. The van der Waals surface area contributed by atoms with Crippen molar-refractivity contribution in [3.8, 4) is 0 Å². The molecule has 0 aliphatic rings. The number of thioether (sulfide) groups is 1. The molecular formula is C8H9ClFNS. The second-order valence-electron chi connectivity index (χ2n) is 2.42. The van der Waals surface area contributed by atoms with Crippen LogP contribution in [-0.2, 0) is 0 Å². The van der Waals surface area contributed by atoms with Crippen molar-refractivity contribution < 1.29 is 4.39 Å². The number of nitrogen functional groups attached to an aromatic ring is 1. The minimum absolute atomic E-state index is 0.154. The van der Waals surface area contributed by atoms with Gasteiger partial charge in [0.25, 0.3) is 0 Å². The van der Waals surface area contributed by atoms with Crippen molar-refractivity contribution in [3.05, 3.63) is 22.5 Å². The molecule has 0 unspecified atom stereocenters. The topological polar surface area (TPSA) is 26.0 Å². The summed E-state index contributed by atoms with van der Waals surface area (Å²) < 4.78 is 13.1. The van der Waals surface area contributed by atoms with E-state index in [1.807, 2.05) is 6.26 Å². The molecule has 0 aliphatic carbocycles. The average molecular weight is 206 g/mol. The van der Waals surface area contributed by atoms with Crippen molar-refractivity contribution in [1.82, 2.24) is 0 Å². The summed E-state index contributed by atoms with van der Waals surface area (Å²) in [5.74, 6) is -0.419. The highest BCUT2D eigenvalue weighted by atomic mass is 35.5. The first-order chi connectivity index (χ1) is 5.57. The Balaban J connectivity index is 3.39. The van der Waals surface area contributed by atoms with Gasteiger partial charge in [-0.1, -0.05) is 11.6 Å². The number of hydrogen-bond acceptors (Lipinski definition) is 2. The zero-order chi connectivity index (χ0) is 9.30. The van der Waals surface area contributed by atoms with Crippen LogP contribution < -0.4 is 5.73 Å². The van der Waals surface area contributed by atoms with E-state index in [4.69, 9.17) is 17.3 Å². The predicted molar refractivity (Wildman–Crippen MR) is 52.3 cm³/mol. The lowest BCUT2D eigenvalue weighted by Crippen LogP contribution is -1.95. The van der Waals surface area contributed by atoms with Gasteiger partial charge >= 0.3 is 0 Å². The number of hydrogen-bond donors (Lipinski definition) is 1. The summed E-state index contributed by atoms with van der Waals surface area (Å²) in [6.45, 7) is 1.62. The Morgan fingerprint density at radius 3 is 2.67 bits per heavy atom. The SMILES string of the molecule is CSc1cc(N)c(F)c(C)c1Cl. The molecule has 0 radical (unpaired) electrons. The van der Waals surface area contributed by atoms with Crippen LogP contribution in [0.15, 0.2) is 11.0 Å². The molecule has 0 amide bonds. The summed E-state index contributed by atoms with van der Waals surface area (Å²) in [7, 11) is 0. The summed E-state index contributed by atoms with van der Waals surface area (Å²) in [6, 6.07) is 1.55. The Labute approximate surface area is 80.1 Å². The van der Waals surface area contributed by atoms with Crippen LogP contribution >= 0.6 is 23.4 Å². The highest BCUT2D eigenvalue weighted by Crippen LogP contribution is 2.32. The fraction of sp³-hybridized carbons (Fsp3) is 0.250. The standard InChI is InChI=1S/C8H9ClFNS/c1-4-7(9)6(12-2)3-5(11)8(4)10/h3H,11H2,1-2H3. The molecule has 66 valence electrons. The van der Waals surface area contributed by atoms with Gasteiger partial charge in [-0.3, -0.25) is 0 Å². The fourth-order valence-corrected chi connectivity index (χ4v) is 1.86. The number of rotatable bonds is 1. The predicted octanol–water partition coefficient (Wildman–Crippen LogP) is 3.09. The van der Waals surface area contributed by atoms with Crippen molar-refractivity contribution in [2.24, 2.45) is 0 Å². The Morgan fingerprint density at radius 2 is 2.17 bits per heavy atom. The molecule has 0 saturated heterocycles. The smallest absolute Gasteiger partial charge is 0.150 e. The van der Waals surface area contributed by atoms with Crippen LogP contribution in [0.1, 0.15) is 5.56 Å². The Bertz CT molecular complexity index is 314. The third-order valence-corrected chi connectivity index (χ3v) is 3.00. The second-order valence-corrected chi connectivity index (χ2v) is 3.65. The summed E-state index contributed by atoms with van der Waals surface area (Å²) in [6.07, 6.45) is 1.87. The number of nitrogens with two attached hydrogens (primary N) is 1. The third kappa shape index (κ3) is 1.52. The molecule has 0 spiro atoms. The number of anilines is 1. The normalized spacial score (nSPS) is 10.3. The maximum Gasteiger partial charge on any atom is 0.150 e. The molecule has 0 atom stereocenters. The van der Waals surface area contributed by atoms with E-state index in [-0.39, 0.29) is 5.69 Å². The van der Waals surface area contributed by atoms with Gasteiger partial charge in [0.2, 0.25) is 0 Å². The van der Waals surface area contributed by atoms with E-state index >= 15 is 0 Å². The van der Waals surface area contributed by atoms with Crippen LogP contribution in [0.25, 0.3) is 0 Å². The van der Waals surface area contributed by atoms with Crippen molar-refractivity contribution in [3.63, 3.8) is 0 Å². The minimum Gasteiger partial charge on any atom is -0.396 e. The van der Waals surface area contributed by atoms with Crippen LogP contribution in [-0.4, -0.2) is 6.26 Å². The molecule has 1 nitrogen and oxygen atoms in total. The van der Waals surface area contributed by atoms with Crippen LogP contribution in [0.5, 0.6) is 0 Å². The molecule has 0 aliphatic heterocycles. The first-order valence-electron chi connectivity index (χ1n) is 3.36. The monoisotopic (exact) mass is 205 g/mol. The van der Waals surface area contributed by atoms with E-state index in [1.165, 1.54) is 11.8 Å². The molecule has 0 aromatic heterocycles. The third-order valence-electron chi connectivity index (χ3n) is 1.63. The molecule has 2 N–H and O–H groups in total. The molecule has 1 aromatic carbocycles. The van der Waals surface area contributed by atoms with Gasteiger partial charge in [-0.2, -0.15) is 0 Å². The lowest BCUT2D eigenvalue weighted by molar-refractivity contribution is 0.622. The highest BCUT2D eigenvalue weighted by Gasteiger charge is 2.10. The van der Waals surface area contributed by atoms with Gasteiger partial charge in [0.15, 0.2) is 5.82 Å². The lowest BCUT2D eigenvalue weighted by atomic mass is 10.2. The van der Waals surface area contributed by atoms with Crippen molar-refractivity contribution in [2.45, 2.75) is 11.8 Å². The second kappa shape index (κ2) is 3.54. The maximum atomic E-state index is 13.1. The molecule has 0 fully saturated rings. The Hall–Kier alpha value is -0.410. The number of halogens is 2. The quantitative estimate of drug-likeness (QED) is 0.563. The van der Waals surface area contributed by atoms with Gasteiger partial charge < -0.3 is 5.73 Å². The molecule has 12 heavy (non-hydrogen) atoms. The van der Waals surface area contributed by atoms with Crippen LogP contribution in [0.3, 0.4) is 0 Å². The fourth-order valence-electron chi connectivity index (χ4n) is 0.914. The van der Waals surface area contributed by atoms with E-state index in [0.717, 1.165) is 4.90 Å². The molecular weight excluding hydrogens is 197 g/mol. The van der Waals surface area contributed by atoms with Gasteiger partial charge in [-0.05, 0) is 19.2 Å². The minimum atomic E-state index is -0.419. The molecule has 0 bridgehead atoms. The zero-order valence-corrected chi connectivity index (χ0v) is 8.39. The average Bonchev–Trinajstić information content (AvgIpc) is 2.08. The molecule has 4 heteroatoms. The van der Waals surface area contributed by atoms with Crippen molar-refractivity contribution >= 4 is 29.1 Å². The summed E-state index contributed by atoms with van der Waals surface area (Å²) in [4.78, 5) is 0.813. The lowest BCUT2D eigenvalue weighted by Gasteiger charge is -2.07. The van der Waals surface area contributed by atoms with Crippen LogP contribution in [0.4, 0.5) is 10.1 Å². The molecule has 0 heterocycles. The van der Waals surface area contributed by atoms with E-state index in [9.17, 15) is 4.39 Å². The van der Waals surface area contributed by atoms with E-state index in [2.05, 4.69) is 0 Å². The summed E-state index contributed by atoms with van der Waals surface area (Å²) >= 11 is 7.31. The summed E-state index contributed by atoms with van der Waals surface area (Å²) in [5.41, 5.74) is 5.99. The molecule has 1 aromatic rings.